The third kappa shape index (κ3) is 4.74. The van der Waals surface area contributed by atoms with Crippen LogP contribution in [0.3, 0.4) is 0 Å². The summed E-state index contributed by atoms with van der Waals surface area (Å²) >= 11 is 5.59. The van der Waals surface area contributed by atoms with Crippen LogP contribution in [0.5, 0.6) is 0 Å². The number of aliphatic imine (C=N–C) groups is 1. The minimum Gasteiger partial charge on any atom is -0.481 e. The number of alkyl halides is 1. The van der Waals surface area contributed by atoms with Crippen molar-refractivity contribution in [3.8, 4) is 0 Å². The maximum Gasteiger partial charge on any atom is 0.334 e. The van der Waals surface area contributed by atoms with Crippen LogP contribution >= 0.6 is 11.6 Å². The minimum absolute atomic E-state index is 0.0568. The van der Waals surface area contributed by atoms with E-state index in [4.69, 9.17) is 11.6 Å². The van der Waals surface area contributed by atoms with E-state index < -0.39 is 23.8 Å². The summed E-state index contributed by atoms with van der Waals surface area (Å²) in [6.07, 6.45) is 0.803. The molecule has 1 amide bonds. The van der Waals surface area contributed by atoms with Crippen LogP contribution in [0.25, 0.3) is 0 Å². The molecule has 0 spiro atoms. The number of nitrogens with one attached hydrogen (secondary N) is 1. The molecule has 0 aliphatic carbocycles. The normalized spacial score (nSPS) is 19.4. The predicted molar refractivity (Wildman–Crippen MR) is 102 cm³/mol. The third-order valence-electron chi connectivity index (χ3n) is 4.39. The van der Waals surface area contributed by atoms with E-state index in [0.29, 0.717) is 29.3 Å². The van der Waals surface area contributed by atoms with Crippen LogP contribution in [0, 0.1) is 5.92 Å². The molecule has 2 rings (SSSR count). The Morgan fingerprint density at radius 1 is 1.22 bits per heavy atom. The molecular formula is C19H21ClN2O5. The van der Waals surface area contributed by atoms with E-state index >= 15 is 0 Å². The second-order valence-electron chi connectivity index (χ2n) is 6.32. The number of hydrogen-bond donors (Lipinski definition) is 3. The van der Waals surface area contributed by atoms with E-state index in [2.05, 4.69) is 10.3 Å². The van der Waals surface area contributed by atoms with Crippen LogP contribution in [0.1, 0.15) is 38.2 Å². The summed E-state index contributed by atoms with van der Waals surface area (Å²) in [5.41, 5.74) is 1.52. The number of rotatable bonds is 7. The van der Waals surface area contributed by atoms with E-state index in [1.54, 1.807) is 38.1 Å². The SMILES string of the molecule is CC1=NC(C)=C(C(=O)O)C(c2cccc(NC(=O)CCCCl)c2)C1C(=O)O. The van der Waals surface area contributed by atoms with Crippen molar-refractivity contribution in [2.45, 2.75) is 32.6 Å². The van der Waals surface area contributed by atoms with Gasteiger partial charge >= 0.3 is 11.9 Å². The summed E-state index contributed by atoms with van der Waals surface area (Å²) in [4.78, 5) is 39.7. The Kier molecular flexibility index (Phi) is 6.74. The number of carboxylic acids is 2. The smallest absolute Gasteiger partial charge is 0.334 e. The van der Waals surface area contributed by atoms with Crippen LogP contribution in [-0.2, 0) is 14.4 Å². The van der Waals surface area contributed by atoms with Crippen LogP contribution < -0.4 is 5.32 Å². The van der Waals surface area contributed by atoms with Crippen molar-refractivity contribution in [1.29, 1.82) is 0 Å². The number of halogens is 1. The molecule has 0 fully saturated rings. The number of allylic oxidation sites excluding steroid dienone is 1. The number of carboxylic acid groups (broad SMARTS) is 2. The van der Waals surface area contributed by atoms with Crippen LogP contribution in [-0.4, -0.2) is 39.7 Å². The second-order valence-corrected chi connectivity index (χ2v) is 6.70. The van der Waals surface area contributed by atoms with Crippen molar-refractivity contribution < 1.29 is 24.6 Å². The largest absolute Gasteiger partial charge is 0.481 e. The molecule has 7 nitrogen and oxygen atoms in total. The van der Waals surface area contributed by atoms with Crippen molar-refractivity contribution >= 4 is 40.8 Å². The standard InChI is InChI=1S/C19H21ClN2O5/c1-10-15(18(24)25)17(16(19(26)27)11(2)21-10)12-5-3-6-13(9-12)22-14(23)7-4-8-20/h3,5-6,9,15,17H,4,7-8H2,1-2H3,(H,22,23)(H,24,25)(H,26,27). The molecule has 1 aromatic carbocycles. The quantitative estimate of drug-likeness (QED) is 0.616. The molecule has 1 aromatic rings. The zero-order valence-electron chi connectivity index (χ0n) is 15.0. The molecule has 0 radical (unpaired) electrons. The van der Waals surface area contributed by atoms with Gasteiger partial charge in [-0.15, -0.1) is 11.6 Å². The highest BCUT2D eigenvalue weighted by Gasteiger charge is 2.41. The van der Waals surface area contributed by atoms with Crippen LogP contribution in [0.2, 0.25) is 0 Å². The first kappa shape index (κ1) is 20.6. The molecule has 144 valence electrons. The van der Waals surface area contributed by atoms with Gasteiger partial charge < -0.3 is 15.5 Å². The van der Waals surface area contributed by atoms with Crippen molar-refractivity contribution in [2.24, 2.45) is 10.9 Å². The summed E-state index contributed by atoms with van der Waals surface area (Å²) in [5, 5.41) is 22.0. The Morgan fingerprint density at radius 3 is 2.52 bits per heavy atom. The highest BCUT2D eigenvalue weighted by molar-refractivity contribution is 6.18. The summed E-state index contributed by atoms with van der Waals surface area (Å²) in [6.45, 7) is 3.13. The lowest BCUT2D eigenvalue weighted by atomic mass is 9.75. The first-order valence-electron chi connectivity index (χ1n) is 8.44. The van der Waals surface area contributed by atoms with Crippen LogP contribution in [0.15, 0.2) is 40.5 Å². The topological polar surface area (TPSA) is 116 Å². The highest BCUT2D eigenvalue weighted by Crippen LogP contribution is 2.39. The van der Waals surface area contributed by atoms with E-state index in [1.165, 1.54) is 0 Å². The Balaban J connectivity index is 2.45. The fourth-order valence-corrected chi connectivity index (χ4v) is 3.39. The average Bonchev–Trinajstić information content (AvgIpc) is 2.58. The van der Waals surface area contributed by atoms with Gasteiger partial charge in [0.15, 0.2) is 0 Å². The van der Waals surface area contributed by atoms with Gasteiger partial charge in [-0.25, -0.2) is 4.79 Å². The lowest BCUT2D eigenvalue weighted by Crippen LogP contribution is -2.34. The van der Waals surface area contributed by atoms with E-state index in [1.807, 2.05) is 0 Å². The monoisotopic (exact) mass is 392 g/mol. The number of hydrogen-bond acceptors (Lipinski definition) is 4. The fourth-order valence-electron chi connectivity index (χ4n) is 3.26. The lowest BCUT2D eigenvalue weighted by Gasteiger charge is -2.29. The van der Waals surface area contributed by atoms with Crippen molar-refractivity contribution in [1.82, 2.24) is 0 Å². The molecule has 0 aromatic heterocycles. The molecule has 0 bridgehead atoms. The molecule has 3 N–H and O–H groups in total. The molecule has 0 saturated heterocycles. The van der Waals surface area contributed by atoms with E-state index in [9.17, 15) is 24.6 Å². The van der Waals surface area contributed by atoms with Gasteiger partial charge in [0, 0.05) is 35.3 Å². The molecule has 2 unspecified atom stereocenters. The molecule has 1 aliphatic rings. The molecule has 1 aliphatic heterocycles. The minimum atomic E-state index is -1.21. The highest BCUT2D eigenvalue weighted by atomic mass is 35.5. The number of carbonyl (C=O) groups is 3. The zero-order chi connectivity index (χ0) is 20.1. The Bertz CT molecular complexity index is 831. The van der Waals surface area contributed by atoms with Gasteiger partial charge in [-0.2, -0.15) is 0 Å². The Labute approximate surface area is 161 Å². The van der Waals surface area contributed by atoms with Gasteiger partial charge in [0.25, 0.3) is 0 Å². The Morgan fingerprint density at radius 2 is 1.93 bits per heavy atom. The van der Waals surface area contributed by atoms with Gasteiger partial charge in [-0.3, -0.25) is 14.6 Å². The van der Waals surface area contributed by atoms with Crippen molar-refractivity contribution in [2.75, 3.05) is 11.2 Å². The maximum absolute atomic E-state index is 11.9. The summed E-state index contributed by atoms with van der Waals surface area (Å²) in [5.74, 6) is -4.20. The average molecular weight is 393 g/mol. The zero-order valence-corrected chi connectivity index (χ0v) is 15.8. The van der Waals surface area contributed by atoms with Crippen molar-refractivity contribution in [3.05, 3.63) is 41.1 Å². The number of benzene rings is 1. The summed E-state index contributed by atoms with van der Waals surface area (Å²) < 4.78 is 0. The molecule has 27 heavy (non-hydrogen) atoms. The number of carbonyl (C=O) groups excluding carboxylic acids is 1. The lowest BCUT2D eigenvalue weighted by molar-refractivity contribution is -0.140. The van der Waals surface area contributed by atoms with Crippen LogP contribution in [0.4, 0.5) is 5.69 Å². The fraction of sp³-hybridized carbons (Fsp3) is 0.368. The van der Waals surface area contributed by atoms with E-state index in [0.717, 1.165) is 0 Å². The summed E-state index contributed by atoms with van der Waals surface area (Å²) in [7, 11) is 0. The molecule has 1 heterocycles. The molecular weight excluding hydrogens is 372 g/mol. The number of anilines is 1. The first-order chi connectivity index (χ1) is 12.8. The molecule has 0 saturated carbocycles. The third-order valence-corrected chi connectivity index (χ3v) is 4.66. The Hall–Kier alpha value is -2.67. The number of amides is 1. The van der Waals surface area contributed by atoms with Gasteiger partial charge in [-0.1, -0.05) is 12.1 Å². The molecule has 8 heteroatoms. The van der Waals surface area contributed by atoms with Gasteiger partial charge in [0.05, 0.1) is 5.57 Å². The maximum atomic E-state index is 11.9. The summed E-state index contributed by atoms with van der Waals surface area (Å²) in [6, 6.07) is 6.58. The predicted octanol–water partition coefficient (Wildman–Crippen LogP) is 3.26. The van der Waals surface area contributed by atoms with Gasteiger partial charge in [0.1, 0.15) is 5.92 Å². The number of aliphatic carboxylic acids is 2. The van der Waals surface area contributed by atoms with E-state index in [-0.39, 0.29) is 23.6 Å². The molecule has 2 atom stereocenters. The number of nitrogens with zero attached hydrogens (tertiary/aromatic N) is 1. The van der Waals surface area contributed by atoms with Crippen molar-refractivity contribution in [3.63, 3.8) is 0 Å². The van der Waals surface area contributed by atoms with Gasteiger partial charge in [-0.05, 0) is 38.0 Å². The second kappa shape index (κ2) is 8.81. The first-order valence-corrected chi connectivity index (χ1v) is 8.97. The van der Waals surface area contributed by atoms with Gasteiger partial charge in [0.2, 0.25) is 5.91 Å².